The number of hydrogen-bond acceptors (Lipinski definition) is 3. The fourth-order valence-electron chi connectivity index (χ4n) is 1.64. The van der Waals surface area contributed by atoms with Crippen molar-refractivity contribution in [2.24, 2.45) is 0 Å². The molecule has 0 amide bonds. The molecule has 0 aliphatic rings. The molecule has 1 aromatic carbocycles. The summed E-state index contributed by atoms with van der Waals surface area (Å²) in [4.78, 5) is 9.31. The van der Waals surface area contributed by atoms with Crippen LogP contribution in [0.5, 0.6) is 0 Å². The van der Waals surface area contributed by atoms with E-state index in [2.05, 4.69) is 44.8 Å². The molecule has 0 bridgehead atoms. The molecule has 0 atom stereocenters. The first-order chi connectivity index (χ1) is 8.08. The normalized spacial score (nSPS) is 11.6. The van der Waals surface area contributed by atoms with Crippen LogP contribution < -0.4 is 0 Å². The molecule has 3 heteroatoms. The zero-order valence-electron chi connectivity index (χ0n) is 10.8. The molecular weight excluding hydrogens is 228 g/mol. The standard InChI is InChI=1S/C14H18N2S/c1-9(2)13-15-12-8-6-5-7-11(12)14(16-13)17-10(3)4/h5-10H,1-4H3. The second-order valence-electron chi connectivity index (χ2n) is 4.73. The fourth-order valence-corrected chi connectivity index (χ4v) is 2.53. The van der Waals surface area contributed by atoms with Gasteiger partial charge in [-0.15, -0.1) is 11.8 Å². The second-order valence-corrected chi connectivity index (χ2v) is 6.29. The van der Waals surface area contributed by atoms with Gasteiger partial charge in [-0.05, 0) is 6.07 Å². The summed E-state index contributed by atoms with van der Waals surface area (Å²) in [6.45, 7) is 8.65. The Hall–Kier alpha value is -1.09. The van der Waals surface area contributed by atoms with Crippen molar-refractivity contribution in [3.8, 4) is 0 Å². The molecule has 0 N–H and O–H groups in total. The second kappa shape index (κ2) is 5.05. The number of aromatic nitrogens is 2. The van der Waals surface area contributed by atoms with E-state index in [-0.39, 0.29) is 0 Å². The quantitative estimate of drug-likeness (QED) is 0.598. The average Bonchev–Trinajstić information content (AvgIpc) is 2.28. The zero-order chi connectivity index (χ0) is 12.4. The number of benzene rings is 1. The van der Waals surface area contributed by atoms with E-state index < -0.39 is 0 Å². The van der Waals surface area contributed by atoms with E-state index >= 15 is 0 Å². The third kappa shape index (κ3) is 2.78. The topological polar surface area (TPSA) is 25.8 Å². The van der Waals surface area contributed by atoms with E-state index in [1.165, 1.54) is 0 Å². The Morgan fingerprint density at radius 3 is 2.35 bits per heavy atom. The Labute approximate surface area is 107 Å². The van der Waals surface area contributed by atoms with Crippen LogP contribution in [0.3, 0.4) is 0 Å². The molecular formula is C14H18N2S. The first-order valence-corrected chi connectivity index (χ1v) is 6.89. The molecule has 2 nitrogen and oxygen atoms in total. The summed E-state index contributed by atoms with van der Waals surface area (Å²) in [7, 11) is 0. The van der Waals surface area contributed by atoms with Crippen molar-refractivity contribution in [1.82, 2.24) is 9.97 Å². The molecule has 0 radical (unpaired) electrons. The Kier molecular flexibility index (Phi) is 3.67. The highest BCUT2D eigenvalue weighted by molar-refractivity contribution is 8.00. The van der Waals surface area contributed by atoms with Gasteiger partial charge in [0, 0.05) is 16.6 Å². The Morgan fingerprint density at radius 2 is 1.71 bits per heavy atom. The minimum absolute atomic E-state index is 0.367. The van der Waals surface area contributed by atoms with Crippen LogP contribution in [0.4, 0.5) is 0 Å². The fraction of sp³-hybridized carbons (Fsp3) is 0.429. The SMILES string of the molecule is CC(C)Sc1nc(C(C)C)nc2ccccc12. The van der Waals surface area contributed by atoms with E-state index in [9.17, 15) is 0 Å². The summed E-state index contributed by atoms with van der Waals surface area (Å²) >= 11 is 1.81. The number of nitrogens with zero attached hydrogens (tertiary/aromatic N) is 2. The number of rotatable bonds is 3. The molecule has 0 spiro atoms. The first kappa shape index (κ1) is 12.4. The third-order valence-electron chi connectivity index (χ3n) is 2.45. The van der Waals surface area contributed by atoms with Crippen LogP contribution >= 0.6 is 11.8 Å². The highest BCUT2D eigenvalue weighted by Gasteiger charge is 2.11. The number of hydrogen-bond donors (Lipinski definition) is 0. The Balaban J connectivity index is 2.60. The monoisotopic (exact) mass is 246 g/mol. The van der Waals surface area contributed by atoms with Gasteiger partial charge >= 0.3 is 0 Å². The minimum atomic E-state index is 0.367. The van der Waals surface area contributed by atoms with Crippen LogP contribution in [0.15, 0.2) is 29.3 Å². The predicted molar refractivity (Wildman–Crippen MR) is 74.6 cm³/mol. The Bertz CT molecular complexity index is 521. The van der Waals surface area contributed by atoms with Crippen molar-refractivity contribution in [2.75, 3.05) is 0 Å². The maximum atomic E-state index is 4.69. The largest absolute Gasteiger partial charge is 0.233 e. The summed E-state index contributed by atoms with van der Waals surface area (Å²) in [6.07, 6.45) is 0. The summed E-state index contributed by atoms with van der Waals surface area (Å²) in [6, 6.07) is 8.24. The van der Waals surface area contributed by atoms with Crippen molar-refractivity contribution in [1.29, 1.82) is 0 Å². The lowest BCUT2D eigenvalue weighted by Gasteiger charge is -2.11. The van der Waals surface area contributed by atoms with Crippen molar-refractivity contribution in [3.05, 3.63) is 30.1 Å². The molecule has 2 aromatic rings. The molecule has 0 unspecified atom stereocenters. The maximum absolute atomic E-state index is 4.69. The van der Waals surface area contributed by atoms with Gasteiger partial charge in [-0.25, -0.2) is 9.97 Å². The van der Waals surface area contributed by atoms with Gasteiger partial charge < -0.3 is 0 Å². The van der Waals surface area contributed by atoms with Crippen molar-refractivity contribution < 1.29 is 0 Å². The number of para-hydroxylation sites is 1. The highest BCUT2D eigenvalue weighted by atomic mass is 32.2. The number of thioether (sulfide) groups is 1. The summed E-state index contributed by atoms with van der Waals surface area (Å²) in [5, 5.41) is 2.80. The predicted octanol–water partition coefficient (Wildman–Crippen LogP) is 4.25. The van der Waals surface area contributed by atoms with Gasteiger partial charge in [0.2, 0.25) is 0 Å². The van der Waals surface area contributed by atoms with Crippen LogP contribution in [-0.4, -0.2) is 15.2 Å². The van der Waals surface area contributed by atoms with Crippen LogP contribution in [0, 0.1) is 0 Å². The van der Waals surface area contributed by atoms with E-state index in [0.717, 1.165) is 21.8 Å². The van der Waals surface area contributed by atoms with Crippen LogP contribution in [0.2, 0.25) is 0 Å². The van der Waals surface area contributed by atoms with E-state index in [1.807, 2.05) is 23.9 Å². The lowest BCUT2D eigenvalue weighted by atomic mass is 10.2. The van der Waals surface area contributed by atoms with Crippen molar-refractivity contribution in [3.63, 3.8) is 0 Å². The van der Waals surface area contributed by atoms with Gasteiger partial charge in [0.05, 0.1) is 5.52 Å². The average molecular weight is 246 g/mol. The molecule has 2 rings (SSSR count). The van der Waals surface area contributed by atoms with Gasteiger partial charge in [-0.3, -0.25) is 0 Å². The van der Waals surface area contributed by atoms with Crippen LogP contribution in [-0.2, 0) is 0 Å². The lowest BCUT2D eigenvalue weighted by Crippen LogP contribution is -2.01. The maximum Gasteiger partial charge on any atom is 0.132 e. The molecule has 90 valence electrons. The van der Waals surface area contributed by atoms with Gasteiger partial charge in [0.25, 0.3) is 0 Å². The minimum Gasteiger partial charge on any atom is -0.233 e. The van der Waals surface area contributed by atoms with Gasteiger partial charge in [0.1, 0.15) is 10.9 Å². The molecule has 17 heavy (non-hydrogen) atoms. The molecule has 0 aliphatic carbocycles. The molecule has 0 aliphatic heterocycles. The molecule has 0 saturated heterocycles. The summed E-state index contributed by atoms with van der Waals surface area (Å²) in [5.41, 5.74) is 1.05. The third-order valence-corrected chi connectivity index (χ3v) is 3.46. The van der Waals surface area contributed by atoms with Gasteiger partial charge in [-0.1, -0.05) is 45.9 Å². The molecule has 0 fully saturated rings. The van der Waals surface area contributed by atoms with E-state index in [4.69, 9.17) is 4.98 Å². The van der Waals surface area contributed by atoms with Crippen molar-refractivity contribution in [2.45, 2.75) is 43.9 Å². The van der Waals surface area contributed by atoms with E-state index in [0.29, 0.717) is 11.2 Å². The molecule has 0 saturated carbocycles. The van der Waals surface area contributed by atoms with Gasteiger partial charge in [-0.2, -0.15) is 0 Å². The van der Waals surface area contributed by atoms with Crippen LogP contribution in [0.1, 0.15) is 39.4 Å². The van der Waals surface area contributed by atoms with Crippen molar-refractivity contribution >= 4 is 22.7 Å². The lowest BCUT2D eigenvalue weighted by molar-refractivity contribution is 0.765. The van der Waals surface area contributed by atoms with E-state index in [1.54, 1.807) is 0 Å². The van der Waals surface area contributed by atoms with Gasteiger partial charge in [0.15, 0.2) is 0 Å². The van der Waals surface area contributed by atoms with Crippen LogP contribution in [0.25, 0.3) is 10.9 Å². The first-order valence-electron chi connectivity index (χ1n) is 6.01. The molecule has 1 aromatic heterocycles. The highest BCUT2D eigenvalue weighted by Crippen LogP contribution is 2.29. The summed E-state index contributed by atoms with van der Waals surface area (Å²) < 4.78 is 0. The summed E-state index contributed by atoms with van der Waals surface area (Å²) in [5.74, 6) is 1.30. The number of fused-ring (bicyclic) bond motifs is 1. The Morgan fingerprint density at radius 1 is 1.00 bits per heavy atom. The molecule has 1 heterocycles. The zero-order valence-corrected chi connectivity index (χ0v) is 11.6. The smallest absolute Gasteiger partial charge is 0.132 e.